The Balaban J connectivity index is 1.43. The van der Waals surface area contributed by atoms with Crippen molar-refractivity contribution >= 4 is 23.2 Å². The average Bonchev–Trinajstić information content (AvgIpc) is 3.19. The number of carbonyl (C=O) groups excluding carboxylic acids is 1. The number of aryl methyl sites for hydroxylation is 1. The van der Waals surface area contributed by atoms with Gasteiger partial charge in [-0.15, -0.1) is 0 Å². The first-order valence-electron chi connectivity index (χ1n) is 10.7. The summed E-state index contributed by atoms with van der Waals surface area (Å²) in [6, 6.07) is 13.2. The number of nitriles is 1. The van der Waals surface area contributed by atoms with E-state index in [1.807, 2.05) is 48.2 Å². The summed E-state index contributed by atoms with van der Waals surface area (Å²) in [6.07, 6.45) is 1.59. The molecule has 1 unspecified atom stereocenters. The minimum Gasteiger partial charge on any atom is -0.495 e. The fraction of sp³-hybridized carbons (Fsp3) is 0.333. The van der Waals surface area contributed by atoms with Gasteiger partial charge in [0.1, 0.15) is 24.1 Å². The zero-order valence-electron chi connectivity index (χ0n) is 18.8. The van der Waals surface area contributed by atoms with E-state index >= 15 is 0 Å². The molecule has 2 aromatic heterocycles. The molecular weight excluding hydrogens is 440 g/mol. The lowest BCUT2D eigenvalue weighted by molar-refractivity contribution is -0.134. The molecule has 33 heavy (non-hydrogen) atoms. The quantitative estimate of drug-likeness (QED) is 0.574. The molecule has 0 N–H and O–H groups in total. The van der Waals surface area contributed by atoms with Crippen LogP contribution in [0, 0.1) is 18.3 Å². The first-order chi connectivity index (χ1) is 15.9. The maximum absolute atomic E-state index is 13.1. The van der Waals surface area contributed by atoms with Gasteiger partial charge in [0, 0.05) is 54.9 Å². The predicted molar refractivity (Wildman–Crippen MR) is 126 cm³/mol. The Hall–Kier alpha value is -3.57. The molecule has 0 bridgehead atoms. The average molecular weight is 465 g/mol. The Kier molecular flexibility index (Phi) is 6.52. The van der Waals surface area contributed by atoms with Gasteiger partial charge in [-0.25, -0.2) is 4.98 Å². The van der Waals surface area contributed by atoms with E-state index in [0.717, 1.165) is 23.5 Å². The van der Waals surface area contributed by atoms with Gasteiger partial charge < -0.3 is 14.5 Å². The lowest BCUT2D eigenvalue weighted by Crippen LogP contribution is -2.54. The van der Waals surface area contributed by atoms with Crippen LogP contribution in [-0.4, -0.2) is 58.4 Å². The van der Waals surface area contributed by atoms with Crippen LogP contribution < -0.4 is 9.64 Å². The fourth-order valence-corrected chi connectivity index (χ4v) is 4.28. The number of carbonyl (C=O) groups is 1. The van der Waals surface area contributed by atoms with Crippen molar-refractivity contribution in [3.63, 3.8) is 0 Å². The number of anilines is 1. The van der Waals surface area contributed by atoms with Crippen LogP contribution in [0.25, 0.3) is 11.3 Å². The second kappa shape index (κ2) is 9.51. The third kappa shape index (κ3) is 4.78. The number of piperazine rings is 1. The molecule has 3 heterocycles. The molecule has 0 radical (unpaired) electrons. The lowest BCUT2D eigenvalue weighted by atomic mass is 10.1. The molecule has 1 fully saturated rings. The summed E-state index contributed by atoms with van der Waals surface area (Å²) < 4.78 is 7.05. The minimum absolute atomic E-state index is 0.0287. The largest absolute Gasteiger partial charge is 0.495 e. The number of methoxy groups -OCH3 is 1. The van der Waals surface area contributed by atoms with Crippen molar-refractivity contribution in [3.05, 3.63) is 59.0 Å². The van der Waals surface area contributed by atoms with Crippen molar-refractivity contribution < 1.29 is 9.53 Å². The van der Waals surface area contributed by atoms with E-state index in [0.29, 0.717) is 35.2 Å². The van der Waals surface area contributed by atoms with Crippen LogP contribution in [0.1, 0.15) is 18.3 Å². The molecule has 0 spiro atoms. The van der Waals surface area contributed by atoms with Gasteiger partial charge in [-0.1, -0.05) is 11.6 Å². The molecular formula is C24H25ClN6O2. The van der Waals surface area contributed by atoms with Crippen LogP contribution in [0.2, 0.25) is 5.02 Å². The topological polar surface area (TPSA) is 87.3 Å². The number of hydrogen-bond acceptors (Lipinski definition) is 6. The first kappa shape index (κ1) is 22.6. The van der Waals surface area contributed by atoms with Crippen LogP contribution in [0.15, 0.2) is 42.6 Å². The maximum Gasteiger partial charge on any atom is 0.244 e. The summed E-state index contributed by atoms with van der Waals surface area (Å²) in [5.41, 5.74) is 3.76. The molecule has 3 aromatic rings. The second-order valence-electron chi connectivity index (χ2n) is 8.07. The number of pyridine rings is 1. The maximum atomic E-state index is 13.1. The van der Waals surface area contributed by atoms with E-state index < -0.39 is 0 Å². The highest BCUT2D eigenvalue weighted by atomic mass is 35.5. The Morgan fingerprint density at radius 2 is 2.09 bits per heavy atom. The van der Waals surface area contributed by atoms with Gasteiger partial charge >= 0.3 is 0 Å². The molecule has 1 atom stereocenters. The number of halogens is 1. The van der Waals surface area contributed by atoms with Crippen molar-refractivity contribution in [3.8, 4) is 23.1 Å². The van der Waals surface area contributed by atoms with E-state index in [4.69, 9.17) is 21.6 Å². The standard InChI is InChI=1S/C24H25ClN6O2/c1-16-10-22(18-6-7-27-19(11-18)13-26)28-31(16)15-24(32)30-9-8-29(14-17(30)2)20-4-5-21(25)23(12-20)33-3/h4-7,10-12,17H,8-9,14-15H2,1-3H3. The second-order valence-corrected chi connectivity index (χ2v) is 8.48. The van der Waals surface area contributed by atoms with Crippen LogP contribution in [-0.2, 0) is 11.3 Å². The highest BCUT2D eigenvalue weighted by molar-refractivity contribution is 6.32. The zero-order chi connectivity index (χ0) is 23.5. The minimum atomic E-state index is 0.0287. The van der Waals surface area contributed by atoms with Crippen molar-refractivity contribution in [1.82, 2.24) is 19.7 Å². The molecule has 1 amide bonds. The summed E-state index contributed by atoms with van der Waals surface area (Å²) in [4.78, 5) is 21.3. The highest BCUT2D eigenvalue weighted by Crippen LogP contribution is 2.30. The van der Waals surface area contributed by atoms with Crippen LogP contribution >= 0.6 is 11.6 Å². The third-order valence-electron chi connectivity index (χ3n) is 5.88. The van der Waals surface area contributed by atoms with Gasteiger partial charge in [-0.2, -0.15) is 10.4 Å². The number of benzene rings is 1. The van der Waals surface area contributed by atoms with Gasteiger partial charge in [0.25, 0.3) is 0 Å². The number of rotatable bonds is 5. The molecule has 8 nitrogen and oxygen atoms in total. The zero-order valence-corrected chi connectivity index (χ0v) is 19.6. The Bertz CT molecular complexity index is 1220. The van der Waals surface area contributed by atoms with Gasteiger partial charge in [-0.05, 0) is 44.2 Å². The van der Waals surface area contributed by atoms with E-state index in [9.17, 15) is 4.79 Å². The van der Waals surface area contributed by atoms with Gasteiger partial charge in [0.2, 0.25) is 5.91 Å². The van der Waals surface area contributed by atoms with E-state index in [1.165, 1.54) is 0 Å². The third-order valence-corrected chi connectivity index (χ3v) is 6.20. The number of ether oxygens (including phenoxy) is 1. The molecule has 9 heteroatoms. The summed E-state index contributed by atoms with van der Waals surface area (Å²) in [7, 11) is 1.60. The lowest BCUT2D eigenvalue weighted by Gasteiger charge is -2.41. The highest BCUT2D eigenvalue weighted by Gasteiger charge is 2.28. The predicted octanol–water partition coefficient (Wildman–Crippen LogP) is 3.52. The molecule has 1 aliphatic heterocycles. The fourth-order valence-electron chi connectivity index (χ4n) is 4.09. The summed E-state index contributed by atoms with van der Waals surface area (Å²) in [5, 5.41) is 14.3. The Morgan fingerprint density at radius 3 is 2.82 bits per heavy atom. The monoisotopic (exact) mass is 464 g/mol. The number of hydrogen-bond donors (Lipinski definition) is 0. The number of amides is 1. The molecule has 1 saturated heterocycles. The van der Waals surface area contributed by atoms with Crippen molar-refractivity contribution in [2.24, 2.45) is 0 Å². The first-order valence-corrected chi connectivity index (χ1v) is 11.1. The summed E-state index contributed by atoms with van der Waals surface area (Å²) in [5.74, 6) is 0.669. The van der Waals surface area contributed by atoms with E-state index in [2.05, 4.69) is 21.9 Å². The summed E-state index contributed by atoms with van der Waals surface area (Å²) >= 11 is 6.15. The van der Waals surface area contributed by atoms with Crippen LogP contribution in [0.5, 0.6) is 5.75 Å². The van der Waals surface area contributed by atoms with E-state index in [1.54, 1.807) is 24.1 Å². The summed E-state index contributed by atoms with van der Waals surface area (Å²) in [6.45, 7) is 6.20. The smallest absolute Gasteiger partial charge is 0.244 e. The van der Waals surface area contributed by atoms with Gasteiger partial charge in [-0.3, -0.25) is 9.48 Å². The number of aromatic nitrogens is 3. The van der Waals surface area contributed by atoms with Crippen LogP contribution in [0.3, 0.4) is 0 Å². The molecule has 0 saturated carbocycles. The number of nitrogens with zero attached hydrogens (tertiary/aromatic N) is 6. The normalized spacial score (nSPS) is 15.9. The molecule has 170 valence electrons. The Labute approximate surface area is 198 Å². The van der Waals surface area contributed by atoms with E-state index in [-0.39, 0.29) is 18.5 Å². The molecule has 1 aromatic carbocycles. The van der Waals surface area contributed by atoms with Crippen molar-refractivity contribution in [2.45, 2.75) is 26.4 Å². The van der Waals surface area contributed by atoms with Gasteiger partial charge in [0.05, 0.1) is 17.8 Å². The molecule has 1 aliphatic rings. The van der Waals surface area contributed by atoms with Crippen molar-refractivity contribution in [1.29, 1.82) is 5.26 Å². The Morgan fingerprint density at radius 1 is 1.27 bits per heavy atom. The van der Waals surface area contributed by atoms with Crippen LogP contribution in [0.4, 0.5) is 5.69 Å². The molecule has 0 aliphatic carbocycles. The van der Waals surface area contributed by atoms with Crippen molar-refractivity contribution in [2.75, 3.05) is 31.6 Å². The SMILES string of the molecule is COc1cc(N2CCN(C(=O)Cn3nc(-c4ccnc(C#N)c4)cc3C)C(C)C2)ccc1Cl. The van der Waals surface area contributed by atoms with Gasteiger partial charge in [0.15, 0.2) is 0 Å². The molecule has 4 rings (SSSR count).